The Morgan fingerprint density at radius 1 is 1.15 bits per heavy atom. The fourth-order valence-electron chi connectivity index (χ4n) is 2.93. The summed E-state index contributed by atoms with van der Waals surface area (Å²) < 4.78 is 6.96. The van der Waals surface area contributed by atoms with Gasteiger partial charge in [-0.3, -0.25) is 14.9 Å². The van der Waals surface area contributed by atoms with Gasteiger partial charge in [0.2, 0.25) is 5.78 Å². The van der Waals surface area contributed by atoms with Crippen molar-refractivity contribution >= 4 is 39.6 Å². The van der Waals surface area contributed by atoms with Crippen LogP contribution in [0.2, 0.25) is 0 Å². The topological polar surface area (TPSA) is 81.5 Å². The Bertz CT molecular complexity index is 937. The first-order valence-electron chi connectivity index (χ1n) is 8.25. The number of ether oxygens (including phenoxy) is 1. The van der Waals surface area contributed by atoms with E-state index in [1.54, 1.807) is 12.1 Å². The molecule has 1 atom stereocenters. The van der Waals surface area contributed by atoms with E-state index in [0.717, 1.165) is 22.0 Å². The standard InChI is InChI=1S/C19H15IN2O4/c20-13-5-1-3-11(9-13)16-17(23)18(26-19(16)21-14-7-8-14)12-4-2-6-15(10-12)22(24)25/h1-6,9-10,14,18,21H,7-8H2. The van der Waals surface area contributed by atoms with Crippen molar-refractivity contribution in [3.05, 3.63) is 79.2 Å². The lowest BCUT2D eigenvalue weighted by Crippen LogP contribution is -2.17. The van der Waals surface area contributed by atoms with E-state index in [9.17, 15) is 14.9 Å². The van der Waals surface area contributed by atoms with Crippen molar-refractivity contribution in [1.82, 2.24) is 5.32 Å². The van der Waals surface area contributed by atoms with Crippen LogP contribution < -0.4 is 5.32 Å². The van der Waals surface area contributed by atoms with Gasteiger partial charge in [0.15, 0.2) is 12.0 Å². The van der Waals surface area contributed by atoms with Gasteiger partial charge in [0.1, 0.15) is 0 Å². The maximum Gasteiger partial charge on any atom is 0.269 e. The van der Waals surface area contributed by atoms with Crippen LogP contribution in [-0.2, 0) is 9.53 Å². The molecule has 132 valence electrons. The molecule has 0 radical (unpaired) electrons. The fraction of sp³-hybridized carbons (Fsp3) is 0.211. The molecule has 26 heavy (non-hydrogen) atoms. The summed E-state index contributed by atoms with van der Waals surface area (Å²) in [6, 6.07) is 14.0. The van der Waals surface area contributed by atoms with Crippen molar-refractivity contribution in [2.75, 3.05) is 0 Å². The number of hydrogen-bond acceptors (Lipinski definition) is 5. The minimum absolute atomic E-state index is 0.0571. The molecule has 4 rings (SSSR count). The SMILES string of the molecule is O=C1C(c2cccc(I)c2)=C(NC2CC2)OC1c1cccc([N+](=O)[O-])c1. The van der Waals surface area contributed by atoms with Gasteiger partial charge >= 0.3 is 0 Å². The van der Waals surface area contributed by atoms with Crippen molar-refractivity contribution in [2.24, 2.45) is 0 Å². The molecule has 1 N–H and O–H groups in total. The number of rotatable bonds is 5. The van der Waals surface area contributed by atoms with E-state index in [1.165, 1.54) is 12.1 Å². The molecule has 0 amide bonds. The van der Waals surface area contributed by atoms with E-state index in [4.69, 9.17) is 4.74 Å². The molecule has 2 aromatic carbocycles. The van der Waals surface area contributed by atoms with Crippen LogP contribution in [0.15, 0.2) is 54.4 Å². The Balaban J connectivity index is 1.72. The summed E-state index contributed by atoms with van der Waals surface area (Å²) in [5.41, 5.74) is 1.73. The Kier molecular flexibility index (Phi) is 4.39. The monoisotopic (exact) mass is 462 g/mol. The van der Waals surface area contributed by atoms with Crippen LogP contribution in [0.5, 0.6) is 0 Å². The smallest absolute Gasteiger partial charge is 0.269 e. The Labute approximate surface area is 163 Å². The van der Waals surface area contributed by atoms with E-state index in [-0.39, 0.29) is 11.5 Å². The number of nitro groups is 1. The number of nitro benzene ring substituents is 1. The summed E-state index contributed by atoms with van der Waals surface area (Å²) in [4.78, 5) is 23.7. The van der Waals surface area contributed by atoms with Crippen molar-refractivity contribution in [3.8, 4) is 0 Å². The highest BCUT2D eigenvalue weighted by Gasteiger charge is 2.39. The van der Waals surface area contributed by atoms with E-state index < -0.39 is 11.0 Å². The summed E-state index contributed by atoms with van der Waals surface area (Å²) >= 11 is 2.20. The quantitative estimate of drug-likeness (QED) is 0.414. The lowest BCUT2D eigenvalue weighted by Gasteiger charge is -2.12. The predicted molar refractivity (Wildman–Crippen MR) is 104 cm³/mol. The number of carbonyl (C=O) groups excluding carboxylic acids is 1. The predicted octanol–water partition coefficient (Wildman–Crippen LogP) is 3.96. The summed E-state index contributed by atoms with van der Waals surface area (Å²) in [5, 5.41) is 14.3. The molecule has 2 aromatic rings. The van der Waals surface area contributed by atoms with Gasteiger partial charge in [-0.05, 0) is 53.1 Å². The fourth-order valence-corrected chi connectivity index (χ4v) is 3.47. The van der Waals surface area contributed by atoms with Crippen molar-refractivity contribution in [2.45, 2.75) is 25.0 Å². The number of carbonyl (C=O) groups is 1. The molecular weight excluding hydrogens is 447 g/mol. The molecule has 1 aliphatic carbocycles. The van der Waals surface area contributed by atoms with Gasteiger partial charge in [-0.1, -0.05) is 24.3 Å². The van der Waals surface area contributed by atoms with Gasteiger partial charge in [0.05, 0.1) is 10.5 Å². The number of benzene rings is 2. The minimum Gasteiger partial charge on any atom is -0.462 e. The number of non-ortho nitro benzene ring substituents is 1. The van der Waals surface area contributed by atoms with Crippen LogP contribution >= 0.6 is 22.6 Å². The second kappa shape index (κ2) is 6.71. The summed E-state index contributed by atoms with van der Waals surface area (Å²) in [6.07, 6.45) is 1.22. The molecule has 1 aliphatic heterocycles. The zero-order valence-corrected chi connectivity index (χ0v) is 15.8. The third kappa shape index (κ3) is 3.31. The lowest BCUT2D eigenvalue weighted by molar-refractivity contribution is -0.385. The number of Topliss-reactive ketones (excluding diaryl/α,β-unsaturated/α-hetero) is 1. The number of nitrogens with one attached hydrogen (secondary N) is 1. The van der Waals surface area contributed by atoms with Crippen molar-refractivity contribution in [1.29, 1.82) is 0 Å². The Hall–Kier alpha value is -2.42. The number of ketones is 1. The molecule has 0 bridgehead atoms. The second-order valence-corrected chi connectivity index (χ2v) is 7.59. The van der Waals surface area contributed by atoms with E-state index in [2.05, 4.69) is 27.9 Å². The lowest BCUT2D eigenvalue weighted by atomic mass is 9.97. The highest BCUT2D eigenvalue weighted by atomic mass is 127. The van der Waals surface area contributed by atoms with Gasteiger partial charge in [-0.2, -0.15) is 0 Å². The molecule has 0 saturated heterocycles. The molecule has 1 unspecified atom stereocenters. The van der Waals surface area contributed by atoms with E-state index in [1.807, 2.05) is 24.3 Å². The van der Waals surface area contributed by atoms with Gasteiger partial charge in [0, 0.05) is 27.3 Å². The average molecular weight is 462 g/mol. The normalized spacial score (nSPS) is 19.4. The molecule has 7 heteroatoms. The molecular formula is C19H15IN2O4. The summed E-state index contributed by atoms with van der Waals surface area (Å²) in [5.74, 6) is 0.284. The van der Waals surface area contributed by atoms with Crippen LogP contribution in [0.4, 0.5) is 5.69 Å². The first-order chi connectivity index (χ1) is 12.5. The number of halogens is 1. The molecule has 0 aromatic heterocycles. The van der Waals surface area contributed by atoms with Gasteiger partial charge in [-0.15, -0.1) is 0 Å². The largest absolute Gasteiger partial charge is 0.462 e. The first-order valence-corrected chi connectivity index (χ1v) is 9.33. The zero-order chi connectivity index (χ0) is 18.3. The number of hydrogen-bond donors (Lipinski definition) is 1. The highest BCUT2D eigenvalue weighted by molar-refractivity contribution is 14.1. The molecule has 1 heterocycles. The highest BCUT2D eigenvalue weighted by Crippen LogP contribution is 2.39. The van der Waals surface area contributed by atoms with Gasteiger partial charge in [-0.25, -0.2) is 0 Å². The number of nitrogens with zero attached hydrogens (tertiary/aromatic N) is 1. The van der Waals surface area contributed by atoms with Gasteiger partial charge < -0.3 is 10.1 Å². The summed E-state index contributed by atoms with van der Waals surface area (Å²) in [7, 11) is 0. The maximum absolute atomic E-state index is 13.1. The molecule has 1 saturated carbocycles. The zero-order valence-electron chi connectivity index (χ0n) is 13.6. The van der Waals surface area contributed by atoms with Crippen LogP contribution in [0.3, 0.4) is 0 Å². The molecule has 6 nitrogen and oxygen atoms in total. The van der Waals surface area contributed by atoms with Crippen LogP contribution in [0, 0.1) is 13.7 Å². The van der Waals surface area contributed by atoms with Crippen molar-refractivity contribution in [3.63, 3.8) is 0 Å². The Morgan fingerprint density at radius 2 is 1.92 bits per heavy atom. The van der Waals surface area contributed by atoms with E-state index in [0.29, 0.717) is 23.1 Å². The molecule has 1 fully saturated rings. The Morgan fingerprint density at radius 3 is 2.62 bits per heavy atom. The molecule has 2 aliphatic rings. The van der Waals surface area contributed by atoms with Crippen LogP contribution in [-0.4, -0.2) is 16.7 Å². The summed E-state index contributed by atoms with van der Waals surface area (Å²) in [6.45, 7) is 0. The molecule has 0 spiro atoms. The third-order valence-electron chi connectivity index (χ3n) is 4.36. The van der Waals surface area contributed by atoms with Crippen LogP contribution in [0.25, 0.3) is 5.57 Å². The minimum atomic E-state index is -0.871. The maximum atomic E-state index is 13.1. The van der Waals surface area contributed by atoms with Gasteiger partial charge in [0.25, 0.3) is 5.69 Å². The van der Waals surface area contributed by atoms with Crippen LogP contribution in [0.1, 0.15) is 30.1 Å². The second-order valence-electron chi connectivity index (χ2n) is 6.35. The van der Waals surface area contributed by atoms with E-state index >= 15 is 0 Å². The average Bonchev–Trinajstić information content (AvgIpc) is 3.37. The first kappa shape index (κ1) is 17.0. The van der Waals surface area contributed by atoms with Crippen molar-refractivity contribution < 1.29 is 14.5 Å². The third-order valence-corrected chi connectivity index (χ3v) is 5.03.